The van der Waals surface area contributed by atoms with Gasteiger partial charge in [0.2, 0.25) is 0 Å². The number of nitrogens with one attached hydrogen (secondary N) is 2. The molecule has 0 saturated carbocycles. The molecule has 0 bridgehead atoms. The molecule has 0 fully saturated rings. The Kier molecular flexibility index (Phi) is 4.15. The fraction of sp³-hybridized carbons (Fsp3) is 0.143. The monoisotopic (exact) mass is 420 g/mol. The summed E-state index contributed by atoms with van der Waals surface area (Å²) in [5.74, 6) is 1.78. The molecule has 4 heteroatoms. The quantitative estimate of drug-likeness (QED) is 0.327. The molecule has 0 amide bonds. The van der Waals surface area contributed by atoms with Gasteiger partial charge in [0.1, 0.15) is 11.5 Å². The zero-order chi connectivity index (χ0) is 21.8. The highest BCUT2D eigenvalue weighted by Gasteiger charge is 2.19. The Balaban J connectivity index is 1.56. The minimum atomic E-state index is 0.717. The smallest absolute Gasteiger partial charge is 0.146 e. The predicted molar refractivity (Wildman–Crippen MR) is 132 cm³/mol. The lowest BCUT2D eigenvalue weighted by Crippen LogP contribution is -2.00. The van der Waals surface area contributed by atoms with Gasteiger partial charge in [-0.25, -0.2) is 0 Å². The van der Waals surface area contributed by atoms with Crippen LogP contribution in [0.2, 0.25) is 0 Å². The summed E-state index contributed by atoms with van der Waals surface area (Å²) in [6.07, 6.45) is 0.717. The number of aryl methyl sites for hydroxylation is 1. The highest BCUT2D eigenvalue weighted by molar-refractivity contribution is 6.11. The number of methoxy groups -OCH3 is 2. The van der Waals surface area contributed by atoms with E-state index in [1.165, 1.54) is 32.7 Å². The number of aromatic amines is 2. The summed E-state index contributed by atoms with van der Waals surface area (Å²) in [5, 5.41) is 4.79. The van der Waals surface area contributed by atoms with E-state index in [9.17, 15) is 0 Å². The van der Waals surface area contributed by atoms with Gasteiger partial charge in [-0.3, -0.25) is 0 Å². The first kappa shape index (κ1) is 18.8. The van der Waals surface area contributed by atoms with Crippen LogP contribution in [0, 0.1) is 6.92 Å². The third-order valence-electron chi connectivity index (χ3n) is 6.58. The molecular formula is C28H24N2O2. The standard InChI is InChI=1S/C28H24N2O2/c1-16-14-22-19-9-5-7-11-24(19)30-26(22)28(32-3)21(16)15-17-12-13-20-18-8-4-6-10-23(18)29-25(20)27(17)31-2/h4-14,29-30H,15H2,1-3H3. The van der Waals surface area contributed by atoms with Gasteiger partial charge in [0.15, 0.2) is 0 Å². The normalized spacial score (nSPS) is 11.7. The first-order chi connectivity index (χ1) is 15.7. The molecule has 0 saturated heterocycles. The Morgan fingerprint density at radius 1 is 0.656 bits per heavy atom. The minimum Gasteiger partial charge on any atom is -0.494 e. The maximum absolute atomic E-state index is 5.97. The van der Waals surface area contributed by atoms with Crippen LogP contribution in [0.5, 0.6) is 11.5 Å². The van der Waals surface area contributed by atoms with E-state index in [0.717, 1.165) is 45.6 Å². The molecule has 0 aliphatic rings. The van der Waals surface area contributed by atoms with Gasteiger partial charge in [0.25, 0.3) is 0 Å². The van der Waals surface area contributed by atoms with Crippen molar-refractivity contribution in [3.8, 4) is 11.5 Å². The summed E-state index contributed by atoms with van der Waals surface area (Å²) in [5.41, 5.74) is 7.82. The van der Waals surface area contributed by atoms with Crippen LogP contribution >= 0.6 is 0 Å². The number of ether oxygens (including phenoxy) is 2. The molecule has 2 N–H and O–H groups in total. The molecule has 2 aromatic heterocycles. The van der Waals surface area contributed by atoms with Gasteiger partial charge < -0.3 is 19.4 Å². The maximum atomic E-state index is 5.97. The lowest BCUT2D eigenvalue weighted by Gasteiger charge is -2.16. The van der Waals surface area contributed by atoms with E-state index >= 15 is 0 Å². The molecule has 0 aliphatic heterocycles. The number of aromatic nitrogens is 2. The molecule has 6 aromatic rings. The van der Waals surface area contributed by atoms with E-state index in [0.29, 0.717) is 0 Å². The summed E-state index contributed by atoms with van der Waals surface area (Å²) in [6.45, 7) is 2.16. The number of fused-ring (bicyclic) bond motifs is 6. The molecule has 0 atom stereocenters. The molecule has 158 valence electrons. The van der Waals surface area contributed by atoms with Gasteiger partial charge in [0, 0.05) is 50.1 Å². The van der Waals surface area contributed by atoms with Crippen molar-refractivity contribution in [1.82, 2.24) is 9.97 Å². The van der Waals surface area contributed by atoms with Gasteiger partial charge in [0.05, 0.1) is 25.3 Å². The van der Waals surface area contributed by atoms with Crippen LogP contribution in [0.25, 0.3) is 43.6 Å². The van der Waals surface area contributed by atoms with Gasteiger partial charge >= 0.3 is 0 Å². The number of benzene rings is 4. The Labute approximate surface area is 185 Å². The third-order valence-corrected chi connectivity index (χ3v) is 6.58. The first-order valence-electron chi connectivity index (χ1n) is 10.8. The van der Waals surface area contributed by atoms with Gasteiger partial charge in [-0.15, -0.1) is 0 Å². The highest BCUT2D eigenvalue weighted by Crippen LogP contribution is 2.40. The third kappa shape index (κ3) is 2.62. The Bertz CT molecular complexity index is 1640. The van der Waals surface area contributed by atoms with Crippen molar-refractivity contribution >= 4 is 43.6 Å². The Morgan fingerprint density at radius 3 is 1.91 bits per heavy atom. The van der Waals surface area contributed by atoms with E-state index in [1.807, 2.05) is 0 Å². The van der Waals surface area contributed by atoms with Crippen molar-refractivity contribution in [2.75, 3.05) is 14.2 Å². The van der Waals surface area contributed by atoms with E-state index in [-0.39, 0.29) is 0 Å². The number of H-pyrrole nitrogens is 2. The van der Waals surface area contributed by atoms with Crippen molar-refractivity contribution in [1.29, 1.82) is 0 Å². The van der Waals surface area contributed by atoms with Crippen LogP contribution in [0.4, 0.5) is 0 Å². The molecule has 0 unspecified atom stereocenters. The summed E-state index contributed by atoms with van der Waals surface area (Å²) in [7, 11) is 3.50. The second-order valence-electron chi connectivity index (χ2n) is 8.33. The second kappa shape index (κ2) is 7.06. The van der Waals surface area contributed by atoms with E-state index in [2.05, 4.69) is 83.6 Å². The average Bonchev–Trinajstić information content (AvgIpc) is 3.37. The highest BCUT2D eigenvalue weighted by atomic mass is 16.5. The summed E-state index contributed by atoms with van der Waals surface area (Å²) in [4.78, 5) is 7.12. The largest absolute Gasteiger partial charge is 0.494 e. The van der Waals surface area contributed by atoms with Gasteiger partial charge in [-0.1, -0.05) is 48.5 Å². The molecule has 32 heavy (non-hydrogen) atoms. The lowest BCUT2D eigenvalue weighted by atomic mass is 9.95. The SMILES string of the molecule is COc1c(Cc2c(C)cc3c([nH]c4ccccc43)c2OC)ccc2c1[nH]c1ccccc12. The van der Waals surface area contributed by atoms with Crippen molar-refractivity contribution in [3.05, 3.63) is 83.4 Å². The van der Waals surface area contributed by atoms with Crippen molar-refractivity contribution < 1.29 is 9.47 Å². The van der Waals surface area contributed by atoms with Crippen LogP contribution < -0.4 is 9.47 Å². The second-order valence-corrected chi connectivity index (χ2v) is 8.33. The van der Waals surface area contributed by atoms with Crippen molar-refractivity contribution in [2.24, 2.45) is 0 Å². The van der Waals surface area contributed by atoms with Crippen molar-refractivity contribution in [2.45, 2.75) is 13.3 Å². The predicted octanol–water partition coefficient (Wildman–Crippen LogP) is 6.87. The molecular weight excluding hydrogens is 396 g/mol. The van der Waals surface area contributed by atoms with Crippen LogP contribution in [0.3, 0.4) is 0 Å². The summed E-state index contributed by atoms with van der Waals surface area (Å²) >= 11 is 0. The molecule has 4 nitrogen and oxygen atoms in total. The number of hydrogen-bond acceptors (Lipinski definition) is 2. The zero-order valence-corrected chi connectivity index (χ0v) is 18.4. The first-order valence-corrected chi connectivity index (χ1v) is 10.8. The molecule has 0 aliphatic carbocycles. The average molecular weight is 421 g/mol. The molecule has 2 heterocycles. The molecule has 0 spiro atoms. The number of para-hydroxylation sites is 2. The Morgan fingerprint density at radius 2 is 1.25 bits per heavy atom. The fourth-order valence-corrected chi connectivity index (χ4v) is 5.07. The van der Waals surface area contributed by atoms with Crippen LogP contribution in [-0.2, 0) is 6.42 Å². The molecule has 4 aromatic carbocycles. The van der Waals surface area contributed by atoms with E-state index in [1.54, 1.807) is 14.2 Å². The van der Waals surface area contributed by atoms with Crippen LogP contribution in [0.1, 0.15) is 16.7 Å². The number of rotatable bonds is 4. The van der Waals surface area contributed by atoms with Gasteiger partial charge in [-0.2, -0.15) is 0 Å². The van der Waals surface area contributed by atoms with E-state index in [4.69, 9.17) is 9.47 Å². The number of hydrogen-bond donors (Lipinski definition) is 2. The summed E-state index contributed by atoms with van der Waals surface area (Å²) in [6, 6.07) is 23.4. The van der Waals surface area contributed by atoms with Crippen molar-refractivity contribution in [3.63, 3.8) is 0 Å². The Hall–Kier alpha value is -3.92. The van der Waals surface area contributed by atoms with Crippen LogP contribution in [0.15, 0.2) is 66.7 Å². The zero-order valence-electron chi connectivity index (χ0n) is 18.4. The van der Waals surface area contributed by atoms with E-state index < -0.39 is 0 Å². The fourth-order valence-electron chi connectivity index (χ4n) is 5.07. The van der Waals surface area contributed by atoms with Crippen LogP contribution in [-0.4, -0.2) is 24.2 Å². The summed E-state index contributed by atoms with van der Waals surface area (Å²) < 4.78 is 11.9. The van der Waals surface area contributed by atoms with Gasteiger partial charge in [-0.05, 0) is 30.7 Å². The topological polar surface area (TPSA) is 50.0 Å². The molecule has 6 rings (SSSR count). The minimum absolute atomic E-state index is 0.717. The maximum Gasteiger partial charge on any atom is 0.146 e. The molecule has 0 radical (unpaired) electrons. The lowest BCUT2D eigenvalue weighted by molar-refractivity contribution is 0.409.